The van der Waals surface area contributed by atoms with Crippen molar-refractivity contribution < 1.29 is 26.4 Å². The van der Waals surface area contributed by atoms with E-state index in [1.807, 2.05) is 0 Å². The first-order chi connectivity index (χ1) is 16.8. The molecule has 0 heterocycles. The van der Waals surface area contributed by atoms with E-state index in [0.717, 1.165) is 10.6 Å². The zero-order valence-corrected chi connectivity index (χ0v) is 22.5. The molecule has 192 valence electrons. The number of sulfonamides is 2. The summed E-state index contributed by atoms with van der Waals surface area (Å²) in [6.07, 6.45) is 1.000. The van der Waals surface area contributed by atoms with Gasteiger partial charge in [-0.05, 0) is 67.6 Å². The second kappa shape index (κ2) is 11.0. The third-order valence-corrected chi connectivity index (χ3v) is 8.49. The van der Waals surface area contributed by atoms with Crippen molar-refractivity contribution in [3.05, 3.63) is 76.8 Å². The molecule has 0 spiro atoms. The van der Waals surface area contributed by atoms with Crippen molar-refractivity contribution >= 4 is 66.2 Å². The Morgan fingerprint density at radius 3 is 2.11 bits per heavy atom. The first kappa shape index (κ1) is 27.6. The number of benzene rings is 3. The van der Waals surface area contributed by atoms with E-state index in [2.05, 4.69) is 10.0 Å². The van der Waals surface area contributed by atoms with Crippen molar-refractivity contribution in [2.24, 2.45) is 0 Å². The summed E-state index contributed by atoms with van der Waals surface area (Å²) in [7, 11) is -6.32. The summed E-state index contributed by atoms with van der Waals surface area (Å²) in [6.45, 7) is 1.44. The summed E-state index contributed by atoms with van der Waals surface area (Å²) in [5.41, 5.74) is 0.678. The van der Waals surface area contributed by atoms with E-state index in [-0.39, 0.29) is 32.0 Å². The number of hydrogen-bond acceptors (Lipinski definition) is 6. The quantitative estimate of drug-likeness (QED) is 0.387. The summed E-state index contributed by atoms with van der Waals surface area (Å²) < 4.78 is 58.8. The summed E-state index contributed by atoms with van der Waals surface area (Å²) in [5.74, 6) is -0.0813. The molecule has 0 unspecified atom stereocenters. The number of hydrogen-bond donors (Lipinski definition) is 2. The predicted molar refractivity (Wildman–Crippen MR) is 142 cm³/mol. The van der Waals surface area contributed by atoms with E-state index < -0.39 is 32.0 Å². The number of nitrogens with zero attached hydrogens (tertiary/aromatic N) is 1. The van der Waals surface area contributed by atoms with Crippen LogP contribution in [0.2, 0.25) is 10.0 Å². The summed E-state index contributed by atoms with van der Waals surface area (Å²) in [5, 5.41) is 2.87. The molecule has 9 nitrogen and oxygen atoms in total. The number of anilines is 3. The van der Waals surface area contributed by atoms with Crippen molar-refractivity contribution in [3.8, 4) is 5.75 Å². The Hall–Kier alpha value is -2.99. The van der Waals surface area contributed by atoms with Crippen molar-refractivity contribution in [1.82, 2.24) is 0 Å². The van der Waals surface area contributed by atoms with Crippen LogP contribution in [0.5, 0.6) is 5.75 Å². The van der Waals surface area contributed by atoms with Crippen LogP contribution in [-0.4, -0.2) is 42.2 Å². The van der Waals surface area contributed by atoms with Crippen LogP contribution in [0.4, 0.5) is 17.1 Å². The average Bonchev–Trinajstić information content (AvgIpc) is 2.82. The highest BCUT2D eigenvalue weighted by Crippen LogP contribution is 2.31. The molecule has 0 aliphatic heterocycles. The van der Waals surface area contributed by atoms with E-state index in [1.54, 1.807) is 18.2 Å². The van der Waals surface area contributed by atoms with Gasteiger partial charge in [-0.1, -0.05) is 29.3 Å². The minimum Gasteiger partial charge on any atom is -0.497 e. The zero-order valence-electron chi connectivity index (χ0n) is 19.4. The summed E-state index contributed by atoms with van der Waals surface area (Å²) in [4.78, 5) is 12.8. The lowest BCUT2D eigenvalue weighted by Gasteiger charge is -2.28. The summed E-state index contributed by atoms with van der Waals surface area (Å²) in [6, 6.07) is 15.0. The first-order valence-electron chi connectivity index (χ1n) is 10.3. The van der Waals surface area contributed by atoms with Gasteiger partial charge >= 0.3 is 0 Å². The van der Waals surface area contributed by atoms with Crippen LogP contribution >= 0.6 is 23.2 Å². The molecule has 0 bridgehead atoms. The van der Waals surface area contributed by atoms with Crippen LogP contribution < -0.4 is 19.1 Å². The molecular formula is C23H23Cl2N3O6S2. The van der Waals surface area contributed by atoms with Gasteiger partial charge in [0.2, 0.25) is 15.9 Å². The number of halogens is 2. The average molecular weight is 572 g/mol. The van der Waals surface area contributed by atoms with Crippen LogP contribution in [0.25, 0.3) is 0 Å². The molecule has 3 aromatic rings. The molecule has 0 aliphatic carbocycles. The van der Waals surface area contributed by atoms with Crippen molar-refractivity contribution in [2.75, 3.05) is 27.7 Å². The monoisotopic (exact) mass is 571 g/mol. The number of amides is 1. The van der Waals surface area contributed by atoms with E-state index >= 15 is 0 Å². The fourth-order valence-corrected chi connectivity index (χ4v) is 5.94. The topological polar surface area (TPSA) is 122 Å². The standard InChI is InChI=1S/C23H23Cl2N3O6S2/c1-15(28(35(3,30)31)17-9-11-18(34-2)12-10-17)23(29)26-16-7-13-19(14-8-16)36(32,33)27-21-6-4-5-20(24)22(21)25/h4-15,27H,1-3H3,(H,26,29)/t15-/m1/s1. The molecule has 2 N–H and O–H groups in total. The Morgan fingerprint density at radius 1 is 0.944 bits per heavy atom. The van der Waals surface area contributed by atoms with E-state index in [0.29, 0.717) is 5.75 Å². The van der Waals surface area contributed by atoms with Gasteiger partial charge in [0.25, 0.3) is 10.0 Å². The molecular weight excluding hydrogens is 549 g/mol. The Kier molecular flexibility index (Phi) is 8.40. The van der Waals surface area contributed by atoms with Gasteiger partial charge in [-0.2, -0.15) is 0 Å². The summed E-state index contributed by atoms with van der Waals surface area (Å²) >= 11 is 12.0. The van der Waals surface area contributed by atoms with E-state index in [9.17, 15) is 21.6 Å². The third kappa shape index (κ3) is 6.41. The molecule has 0 saturated heterocycles. The van der Waals surface area contributed by atoms with E-state index in [1.165, 1.54) is 62.6 Å². The lowest BCUT2D eigenvalue weighted by Crippen LogP contribution is -2.45. The number of methoxy groups -OCH3 is 1. The molecule has 0 aliphatic rings. The molecule has 0 saturated carbocycles. The predicted octanol–water partition coefficient (Wildman–Crippen LogP) is 4.60. The van der Waals surface area contributed by atoms with Gasteiger partial charge in [0.05, 0.1) is 39.7 Å². The molecule has 0 radical (unpaired) electrons. The van der Waals surface area contributed by atoms with Crippen molar-refractivity contribution in [2.45, 2.75) is 17.9 Å². The van der Waals surface area contributed by atoms with Gasteiger partial charge in [0.15, 0.2) is 0 Å². The van der Waals surface area contributed by atoms with Crippen molar-refractivity contribution in [1.29, 1.82) is 0 Å². The van der Waals surface area contributed by atoms with Crippen LogP contribution in [-0.2, 0) is 24.8 Å². The Bertz CT molecular complexity index is 1460. The Labute approximate surface area is 220 Å². The Balaban J connectivity index is 1.77. The largest absolute Gasteiger partial charge is 0.497 e. The molecule has 36 heavy (non-hydrogen) atoms. The third-order valence-electron chi connectivity index (χ3n) is 5.04. The maximum atomic E-state index is 12.9. The minimum absolute atomic E-state index is 0.0629. The number of carbonyl (C=O) groups excluding carboxylic acids is 1. The highest BCUT2D eigenvalue weighted by molar-refractivity contribution is 7.92. The van der Waals surface area contributed by atoms with Crippen LogP contribution in [0.15, 0.2) is 71.6 Å². The number of nitrogens with one attached hydrogen (secondary N) is 2. The Morgan fingerprint density at radius 2 is 1.56 bits per heavy atom. The van der Waals surface area contributed by atoms with Gasteiger partial charge in [-0.3, -0.25) is 13.8 Å². The lowest BCUT2D eigenvalue weighted by atomic mass is 10.2. The van der Waals surface area contributed by atoms with Gasteiger partial charge in [-0.15, -0.1) is 0 Å². The van der Waals surface area contributed by atoms with Crippen LogP contribution in [0.3, 0.4) is 0 Å². The lowest BCUT2D eigenvalue weighted by molar-refractivity contribution is -0.116. The van der Waals surface area contributed by atoms with E-state index in [4.69, 9.17) is 27.9 Å². The fraction of sp³-hybridized carbons (Fsp3) is 0.174. The fourth-order valence-electron chi connectivity index (χ4n) is 3.29. The van der Waals surface area contributed by atoms with Gasteiger partial charge in [0, 0.05) is 5.69 Å². The molecule has 1 amide bonds. The highest BCUT2D eigenvalue weighted by atomic mass is 35.5. The second-order valence-electron chi connectivity index (χ2n) is 7.65. The second-order valence-corrected chi connectivity index (χ2v) is 12.0. The molecule has 13 heteroatoms. The van der Waals surface area contributed by atoms with Gasteiger partial charge in [-0.25, -0.2) is 16.8 Å². The van der Waals surface area contributed by atoms with Crippen LogP contribution in [0, 0.1) is 0 Å². The first-order valence-corrected chi connectivity index (χ1v) is 14.4. The molecule has 1 atom stereocenters. The number of rotatable bonds is 9. The number of carbonyl (C=O) groups is 1. The molecule has 3 rings (SSSR count). The van der Waals surface area contributed by atoms with Gasteiger partial charge < -0.3 is 10.1 Å². The SMILES string of the molecule is COc1ccc(N([C@H](C)C(=O)Nc2ccc(S(=O)(=O)Nc3cccc(Cl)c3Cl)cc2)S(C)(=O)=O)cc1. The minimum atomic E-state index is -3.99. The van der Waals surface area contributed by atoms with Gasteiger partial charge in [0.1, 0.15) is 11.8 Å². The molecule has 0 aromatic heterocycles. The zero-order chi connectivity index (χ0) is 26.7. The number of ether oxygens (including phenoxy) is 1. The smallest absolute Gasteiger partial charge is 0.261 e. The maximum absolute atomic E-state index is 12.9. The van der Waals surface area contributed by atoms with Crippen LogP contribution in [0.1, 0.15) is 6.92 Å². The maximum Gasteiger partial charge on any atom is 0.261 e. The molecule has 0 fully saturated rings. The normalized spacial score (nSPS) is 12.5. The van der Waals surface area contributed by atoms with Crippen molar-refractivity contribution in [3.63, 3.8) is 0 Å². The highest BCUT2D eigenvalue weighted by Gasteiger charge is 2.29. The molecule has 3 aromatic carbocycles.